The van der Waals surface area contributed by atoms with Crippen molar-refractivity contribution in [1.29, 1.82) is 0 Å². The third-order valence-electron chi connectivity index (χ3n) is 3.94. The van der Waals surface area contributed by atoms with Gasteiger partial charge in [-0.1, -0.05) is 6.07 Å². The monoisotopic (exact) mass is 328 g/mol. The zero-order valence-corrected chi connectivity index (χ0v) is 13.0. The van der Waals surface area contributed by atoms with E-state index < -0.39 is 23.1 Å². The van der Waals surface area contributed by atoms with Crippen molar-refractivity contribution in [2.75, 3.05) is 18.4 Å². The highest BCUT2D eigenvalue weighted by Gasteiger charge is 2.40. The predicted molar refractivity (Wildman–Crippen MR) is 79.7 cm³/mol. The van der Waals surface area contributed by atoms with Gasteiger partial charge in [0.25, 0.3) is 0 Å². The largest absolute Gasteiger partial charge is 0.416 e. The zero-order chi connectivity index (χ0) is 17.3. The topological polar surface area (TPSA) is 49.4 Å². The molecule has 23 heavy (non-hydrogen) atoms. The average Bonchev–Trinajstić information content (AvgIpc) is 2.99. The predicted octanol–water partition coefficient (Wildman–Crippen LogP) is 3.29. The molecule has 0 aromatic heterocycles. The second-order valence-electron chi connectivity index (χ2n) is 6.16. The van der Waals surface area contributed by atoms with Crippen LogP contribution in [-0.2, 0) is 15.8 Å². The van der Waals surface area contributed by atoms with E-state index in [1.165, 1.54) is 26.0 Å². The van der Waals surface area contributed by atoms with Gasteiger partial charge in [-0.2, -0.15) is 13.2 Å². The molecule has 0 unspecified atom stereocenters. The minimum Gasteiger partial charge on any atom is -0.342 e. The smallest absolute Gasteiger partial charge is 0.342 e. The summed E-state index contributed by atoms with van der Waals surface area (Å²) in [4.78, 5) is 26.4. The van der Waals surface area contributed by atoms with Gasteiger partial charge < -0.3 is 10.2 Å². The molecule has 1 heterocycles. The maximum Gasteiger partial charge on any atom is 0.416 e. The van der Waals surface area contributed by atoms with Gasteiger partial charge in [-0.25, -0.2) is 0 Å². The molecule has 1 aliphatic heterocycles. The molecule has 0 radical (unpaired) electrons. The molecule has 0 spiro atoms. The molecule has 1 aliphatic rings. The Bertz CT molecular complexity index is 606. The van der Waals surface area contributed by atoms with Crippen LogP contribution in [0, 0.1) is 5.41 Å². The number of hydrogen-bond acceptors (Lipinski definition) is 2. The maximum atomic E-state index is 12.7. The van der Waals surface area contributed by atoms with Gasteiger partial charge in [-0.05, 0) is 44.9 Å². The second kappa shape index (κ2) is 6.22. The minimum absolute atomic E-state index is 0.0205. The van der Waals surface area contributed by atoms with Crippen molar-refractivity contribution in [3.63, 3.8) is 0 Å². The Labute approximate surface area is 132 Å². The molecule has 1 saturated heterocycles. The summed E-state index contributed by atoms with van der Waals surface area (Å²) in [6, 6.07) is 4.36. The summed E-state index contributed by atoms with van der Waals surface area (Å²) >= 11 is 0. The fourth-order valence-corrected chi connectivity index (χ4v) is 2.47. The molecule has 1 aromatic carbocycles. The molecule has 0 saturated carbocycles. The van der Waals surface area contributed by atoms with Gasteiger partial charge in [-0.3, -0.25) is 9.59 Å². The first-order chi connectivity index (χ1) is 10.6. The van der Waals surface area contributed by atoms with E-state index in [0.717, 1.165) is 25.0 Å². The van der Waals surface area contributed by atoms with E-state index >= 15 is 0 Å². The normalized spacial score (nSPS) is 15.6. The third kappa shape index (κ3) is 3.83. The van der Waals surface area contributed by atoms with Crippen LogP contribution >= 0.6 is 0 Å². The van der Waals surface area contributed by atoms with Crippen molar-refractivity contribution in [2.45, 2.75) is 32.9 Å². The Kier molecular flexibility index (Phi) is 4.68. The summed E-state index contributed by atoms with van der Waals surface area (Å²) in [5.41, 5.74) is -2.16. The number of halogens is 3. The lowest BCUT2D eigenvalue weighted by Crippen LogP contribution is -2.46. The number of carbonyl (C=O) groups excluding carboxylic acids is 2. The molecule has 2 rings (SSSR count). The molecule has 1 N–H and O–H groups in total. The Morgan fingerprint density at radius 1 is 1.13 bits per heavy atom. The van der Waals surface area contributed by atoms with Gasteiger partial charge in [-0.15, -0.1) is 0 Å². The highest BCUT2D eigenvalue weighted by atomic mass is 19.4. The first kappa shape index (κ1) is 17.3. The SMILES string of the molecule is CC(C)(C(=O)Nc1cccc(C(F)(F)F)c1)C(=O)N1CCCC1. The number of nitrogens with zero attached hydrogens (tertiary/aromatic N) is 1. The van der Waals surface area contributed by atoms with Gasteiger partial charge in [0.2, 0.25) is 11.8 Å². The molecule has 0 bridgehead atoms. The van der Waals surface area contributed by atoms with Crippen LogP contribution in [0.25, 0.3) is 0 Å². The molecule has 126 valence electrons. The van der Waals surface area contributed by atoms with Crippen molar-refractivity contribution in [1.82, 2.24) is 4.90 Å². The highest BCUT2D eigenvalue weighted by molar-refractivity contribution is 6.09. The third-order valence-corrected chi connectivity index (χ3v) is 3.94. The van der Waals surface area contributed by atoms with Crippen molar-refractivity contribution >= 4 is 17.5 Å². The summed E-state index contributed by atoms with van der Waals surface area (Å²) in [7, 11) is 0. The van der Waals surface area contributed by atoms with E-state index in [1.807, 2.05) is 0 Å². The van der Waals surface area contributed by atoms with Gasteiger partial charge >= 0.3 is 6.18 Å². The number of benzene rings is 1. The van der Waals surface area contributed by atoms with Crippen LogP contribution in [0.5, 0.6) is 0 Å². The van der Waals surface area contributed by atoms with Crippen LogP contribution in [0.4, 0.5) is 18.9 Å². The van der Waals surface area contributed by atoms with Gasteiger partial charge in [0.05, 0.1) is 5.56 Å². The number of hydrogen-bond donors (Lipinski definition) is 1. The minimum atomic E-state index is -4.48. The molecular formula is C16H19F3N2O2. The highest BCUT2D eigenvalue weighted by Crippen LogP contribution is 2.31. The standard InChI is InChI=1S/C16H19F3N2O2/c1-15(2,14(23)21-8-3-4-9-21)13(22)20-12-7-5-6-11(10-12)16(17,18)19/h5-7,10H,3-4,8-9H2,1-2H3,(H,20,22). The lowest BCUT2D eigenvalue weighted by atomic mass is 9.90. The van der Waals surface area contributed by atoms with Gasteiger partial charge in [0.15, 0.2) is 0 Å². The van der Waals surface area contributed by atoms with E-state index in [2.05, 4.69) is 5.32 Å². The van der Waals surface area contributed by atoms with Crippen LogP contribution < -0.4 is 5.32 Å². The Morgan fingerprint density at radius 3 is 2.30 bits per heavy atom. The van der Waals surface area contributed by atoms with Gasteiger partial charge in [0.1, 0.15) is 5.41 Å². The molecular weight excluding hydrogens is 309 g/mol. The zero-order valence-electron chi connectivity index (χ0n) is 13.0. The van der Waals surface area contributed by atoms with Crippen LogP contribution in [0.3, 0.4) is 0 Å². The molecule has 0 aliphatic carbocycles. The number of carbonyl (C=O) groups is 2. The number of amides is 2. The summed E-state index contributed by atoms with van der Waals surface area (Å²) < 4.78 is 38.1. The first-order valence-electron chi connectivity index (χ1n) is 7.40. The van der Waals surface area contributed by atoms with Crippen LogP contribution in [0.15, 0.2) is 24.3 Å². The number of likely N-dealkylation sites (tertiary alicyclic amines) is 1. The Balaban J connectivity index is 2.13. The fraction of sp³-hybridized carbons (Fsp3) is 0.500. The maximum absolute atomic E-state index is 12.7. The van der Waals surface area contributed by atoms with Gasteiger partial charge in [0, 0.05) is 18.8 Å². The number of nitrogens with one attached hydrogen (secondary N) is 1. The van der Waals surface area contributed by atoms with Crippen molar-refractivity contribution in [3.8, 4) is 0 Å². The van der Waals surface area contributed by atoms with Crippen molar-refractivity contribution in [2.24, 2.45) is 5.41 Å². The summed E-state index contributed by atoms with van der Waals surface area (Å²) in [5.74, 6) is -0.923. The molecule has 2 amide bonds. The average molecular weight is 328 g/mol. The van der Waals surface area contributed by atoms with Crippen LogP contribution in [-0.4, -0.2) is 29.8 Å². The second-order valence-corrected chi connectivity index (χ2v) is 6.16. The molecule has 1 fully saturated rings. The summed E-state index contributed by atoms with van der Waals surface area (Å²) in [6.07, 6.45) is -2.68. The lowest BCUT2D eigenvalue weighted by Gasteiger charge is -2.28. The van der Waals surface area contributed by atoms with E-state index in [1.54, 1.807) is 4.90 Å². The molecule has 7 heteroatoms. The number of alkyl halides is 3. The molecule has 1 aromatic rings. The molecule has 4 nitrogen and oxygen atoms in total. The van der Waals surface area contributed by atoms with Crippen molar-refractivity contribution in [3.05, 3.63) is 29.8 Å². The lowest BCUT2D eigenvalue weighted by molar-refractivity contribution is -0.145. The van der Waals surface area contributed by atoms with Crippen LogP contribution in [0.2, 0.25) is 0 Å². The summed E-state index contributed by atoms with van der Waals surface area (Å²) in [5, 5.41) is 2.41. The Hall–Kier alpha value is -2.05. The van der Waals surface area contributed by atoms with E-state index in [4.69, 9.17) is 0 Å². The number of rotatable bonds is 3. The van der Waals surface area contributed by atoms with E-state index in [0.29, 0.717) is 13.1 Å². The number of anilines is 1. The Morgan fingerprint density at radius 2 is 1.74 bits per heavy atom. The fourth-order valence-electron chi connectivity index (χ4n) is 2.47. The van der Waals surface area contributed by atoms with Crippen molar-refractivity contribution < 1.29 is 22.8 Å². The summed E-state index contributed by atoms with van der Waals surface area (Å²) in [6.45, 7) is 4.19. The van der Waals surface area contributed by atoms with E-state index in [9.17, 15) is 22.8 Å². The van der Waals surface area contributed by atoms with E-state index in [-0.39, 0.29) is 11.6 Å². The first-order valence-corrected chi connectivity index (χ1v) is 7.40. The quantitative estimate of drug-likeness (QED) is 0.866. The molecule has 0 atom stereocenters. The van der Waals surface area contributed by atoms with Crippen LogP contribution in [0.1, 0.15) is 32.3 Å².